The summed E-state index contributed by atoms with van der Waals surface area (Å²) >= 11 is 6.03. The fourth-order valence-corrected chi connectivity index (χ4v) is 4.61. The average molecular weight is 396 g/mol. The SMILES string of the molecule is CON1CC(c2ccccc2)C(c2ccc(Cl)cc2)N1S(=O)(=O)N(C)C. The second kappa shape index (κ2) is 7.64. The van der Waals surface area contributed by atoms with E-state index in [1.807, 2.05) is 42.5 Å². The standard InChI is InChI=1S/C18H22ClN3O3S/c1-20(2)26(23,24)22-18(15-9-11-16(19)12-10-15)17(13-21(22)25-3)14-7-5-4-6-8-14/h4-12,17-18H,13H2,1-3H3. The first-order chi connectivity index (χ1) is 12.4. The van der Waals surface area contributed by atoms with Gasteiger partial charge in [0.25, 0.3) is 10.2 Å². The van der Waals surface area contributed by atoms with Crippen molar-refractivity contribution in [2.75, 3.05) is 27.7 Å². The molecule has 140 valence electrons. The van der Waals surface area contributed by atoms with Crippen LogP contribution in [-0.4, -0.2) is 50.1 Å². The van der Waals surface area contributed by atoms with Crippen molar-refractivity contribution in [1.29, 1.82) is 0 Å². The average Bonchev–Trinajstić information content (AvgIpc) is 3.03. The Kier molecular flexibility index (Phi) is 5.67. The normalized spacial score (nSPS) is 22.2. The Hall–Kier alpha value is -1.48. The second-order valence-electron chi connectivity index (χ2n) is 6.29. The van der Waals surface area contributed by atoms with E-state index in [1.54, 1.807) is 12.1 Å². The predicted molar refractivity (Wildman–Crippen MR) is 102 cm³/mol. The smallest absolute Gasteiger partial charge is 0.286 e. The van der Waals surface area contributed by atoms with Gasteiger partial charge in [0.15, 0.2) is 0 Å². The van der Waals surface area contributed by atoms with E-state index >= 15 is 0 Å². The van der Waals surface area contributed by atoms with Crippen molar-refractivity contribution in [2.24, 2.45) is 0 Å². The Morgan fingerprint density at radius 3 is 2.19 bits per heavy atom. The van der Waals surface area contributed by atoms with Crippen molar-refractivity contribution in [3.05, 3.63) is 70.7 Å². The molecule has 2 aromatic rings. The molecule has 0 radical (unpaired) electrons. The van der Waals surface area contributed by atoms with Gasteiger partial charge in [-0.3, -0.25) is 4.84 Å². The highest BCUT2D eigenvalue weighted by molar-refractivity contribution is 7.86. The fourth-order valence-electron chi connectivity index (χ4n) is 3.23. The molecule has 6 nitrogen and oxygen atoms in total. The van der Waals surface area contributed by atoms with Gasteiger partial charge in [-0.05, 0) is 23.3 Å². The lowest BCUT2D eigenvalue weighted by atomic mass is 9.89. The van der Waals surface area contributed by atoms with Gasteiger partial charge in [-0.1, -0.05) is 58.5 Å². The van der Waals surface area contributed by atoms with Crippen LogP contribution < -0.4 is 0 Å². The summed E-state index contributed by atoms with van der Waals surface area (Å²) in [6, 6.07) is 16.7. The zero-order valence-corrected chi connectivity index (χ0v) is 16.5. The lowest BCUT2D eigenvalue weighted by Crippen LogP contribution is -2.47. The summed E-state index contributed by atoms with van der Waals surface area (Å²) in [6.07, 6.45) is 0. The summed E-state index contributed by atoms with van der Waals surface area (Å²) < 4.78 is 28.6. The molecular formula is C18H22ClN3O3S. The van der Waals surface area contributed by atoms with E-state index in [2.05, 4.69) is 0 Å². The van der Waals surface area contributed by atoms with Gasteiger partial charge in [-0.25, -0.2) is 0 Å². The maximum Gasteiger partial charge on any atom is 0.297 e. The molecule has 2 aromatic carbocycles. The van der Waals surface area contributed by atoms with Crippen LogP contribution in [0.25, 0.3) is 0 Å². The van der Waals surface area contributed by atoms with Crippen molar-refractivity contribution < 1.29 is 13.3 Å². The molecule has 1 aliphatic heterocycles. The van der Waals surface area contributed by atoms with Crippen molar-refractivity contribution in [3.8, 4) is 0 Å². The number of hydrogen-bond donors (Lipinski definition) is 0. The molecule has 1 heterocycles. The number of rotatable bonds is 5. The van der Waals surface area contributed by atoms with Gasteiger partial charge in [0.1, 0.15) is 0 Å². The number of nitrogens with zero attached hydrogens (tertiary/aromatic N) is 3. The number of hydrazine groups is 1. The Morgan fingerprint density at radius 1 is 1.04 bits per heavy atom. The molecule has 0 amide bonds. The van der Waals surface area contributed by atoms with Crippen LogP contribution in [-0.2, 0) is 15.0 Å². The van der Waals surface area contributed by atoms with Crippen LogP contribution in [0, 0.1) is 0 Å². The van der Waals surface area contributed by atoms with E-state index in [0.717, 1.165) is 11.1 Å². The molecular weight excluding hydrogens is 374 g/mol. The van der Waals surface area contributed by atoms with E-state index in [-0.39, 0.29) is 5.92 Å². The summed E-state index contributed by atoms with van der Waals surface area (Å²) in [4.78, 5) is 5.41. The van der Waals surface area contributed by atoms with Crippen LogP contribution in [0.2, 0.25) is 5.02 Å². The summed E-state index contributed by atoms with van der Waals surface area (Å²) in [5.41, 5.74) is 1.90. The third kappa shape index (κ3) is 3.51. The Bertz CT molecular complexity index is 844. The van der Waals surface area contributed by atoms with E-state index in [0.29, 0.717) is 11.6 Å². The van der Waals surface area contributed by atoms with Crippen molar-refractivity contribution in [2.45, 2.75) is 12.0 Å². The summed E-state index contributed by atoms with van der Waals surface area (Å²) in [6.45, 7) is 0.418. The van der Waals surface area contributed by atoms with Crippen molar-refractivity contribution >= 4 is 21.8 Å². The molecule has 1 aliphatic rings. The number of hydrogen-bond acceptors (Lipinski definition) is 4. The van der Waals surface area contributed by atoms with E-state index in [1.165, 1.54) is 35.1 Å². The molecule has 26 heavy (non-hydrogen) atoms. The minimum Gasteiger partial charge on any atom is -0.286 e. The zero-order chi connectivity index (χ0) is 18.9. The minimum atomic E-state index is -3.75. The Balaban J connectivity index is 2.15. The lowest BCUT2D eigenvalue weighted by molar-refractivity contribution is -0.213. The fraction of sp³-hybridized carbons (Fsp3) is 0.333. The first-order valence-electron chi connectivity index (χ1n) is 8.20. The monoisotopic (exact) mass is 395 g/mol. The number of halogens is 1. The van der Waals surface area contributed by atoms with Crippen LogP contribution in [0.3, 0.4) is 0 Å². The third-order valence-corrected chi connectivity index (χ3v) is 6.60. The van der Waals surface area contributed by atoms with Crippen LogP contribution >= 0.6 is 11.6 Å². The lowest BCUT2D eigenvalue weighted by Gasteiger charge is -2.32. The Labute approximate surface area is 159 Å². The highest BCUT2D eigenvalue weighted by Gasteiger charge is 2.49. The van der Waals surface area contributed by atoms with Gasteiger partial charge >= 0.3 is 0 Å². The van der Waals surface area contributed by atoms with Crippen molar-refractivity contribution in [3.63, 3.8) is 0 Å². The molecule has 0 aliphatic carbocycles. The molecule has 2 atom stereocenters. The van der Waals surface area contributed by atoms with Gasteiger partial charge in [-0.2, -0.15) is 12.7 Å². The third-order valence-electron chi connectivity index (χ3n) is 4.54. The van der Waals surface area contributed by atoms with E-state index in [4.69, 9.17) is 16.4 Å². The first kappa shape index (κ1) is 19.3. The molecule has 1 saturated heterocycles. The summed E-state index contributed by atoms with van der Waals surface area (Å²) in [7, 11) is 0.749. The molecule has 0 saturated carbocycles. The van der Waals surface area contributed by atoms with Crippen molar-refractivity contribution in [1.82, 2.24) is 13.9 Å². The maximum absolute atomic E-state index is 13.0. The summed E-state index contributed by atoms with van der Waals surface area (Å²) in [5, 5.41) is 2.01. The van der Waals surface area contributed by atoms with E-state index < -0.39 is 16.3 Å². The van der Waals surface area contributed by atoms with Gasteiger partial charge < -0.3 is 0 Å². The van der Waals surface area contributed by atoms with Gasteiger partial charge in [0.2, 0.25) is 0 Å². The molecule has 2 unspecified atom stereocenters. The maximum atomic E-state index is 13.0. The van der Waals surface area contributed by atoms with Crippen LogP contribution in [0.15, 0.2) is 54.6 Å². The molecule has 8 heteroatoms. The molecule has 3 rings (SSSR count). The quantitative estimate of drug-likeness (QED) is 0.780. The van der Waals surface area contributed by atoms with Gasteiger partial charge in [0, 0.05) is 25.0 Å². The second-order valence-corrected chi connectivity index (χ2v) is 8.73. The molecule has 0 N–H and O–H groups in total. The Morgan fingerprint density at radius 2 is 1.65 bits per heavy atom. The predicted octanol–water partition coefficient (Wildman–Crippen LogP) is 3.07. The zero-order valence-electron chi connectivity index (χ0n) is 14.9. The van der Waals surface area contributed by atoms with Crippen LogP contribution in [0.1, 0.15) is 23.1 Å². The first-order valence-corrected chi connectivity index (χ1v) is 9.97. The molecule has 0 aromatic heterocycles. The van der Waals surface area contributed by atoms with Gasteiger partial charge in [-0.15, -0.1) is 5.17 Å². The topological polar surface area (TPSA) is 53.1 Å². The minimum absolute atomic E-state index is 0.0907. The van der Waals surface area contributed by atoms with Crippen LogP contribution in [0.4, 0.5) is 0 Å². The number of benzene rings is 2. The molecule has 0 spiro atoms. The largest absolute Gasteiger partial charge is 0.297 e. The highest BCUT2D eigenvalue weighted by Crippen LogP contribution is 2.45. The van der Waals surface area contributed by atoms with Gasteiger partial charge in [0.05, 0.1) is 19.7 Å². The van der Waals surface area contributed by atoms with E-state index in [9.17, 15) is 8.42 Å². The summed E-state index contributed by atoms with van der Waals surface area (Å²) in [5.74, 6) is -0.0907. The number of hydroxylamine groups is 1. The molecule has 0 bridgehead atoms. The molecule has 1 fully saturated rings. The van der Waals surface area contributed by atoms with Crippen LogP contribution in [0.5, 0.6) is 0 Å². The highest BCUT2D eigenvalue weighted by atomic mass is 35.5.